The number of rotatable bonds is 5. The van der Waals surface area contributed by atoms with Crippen LogP contribution in [0.2, 0.25) is 0 Å². The molecule has 1 rings (SSSR count). The summed E-state index contributed by atoms with van der Waals surface area (Å²) < 4.78 is 13.5. The van der Waals surface area contributed by atoms with Gasteiger partial charge in [0, 0.05) is 31.1 Å². The maximum Gasteiger partial charge on any atom is 0.128 e. The minimum absolute atomic E-state index is 0.139. The highest BCUT2D eigenvalue weighted by Crippen LogP contribution is 2.15. The molecule has 3 N–H and O–H groups in total. The Balaban J connectivity index is 2.59. The molecule has 0 radical (unpaired) electrons. The molecule has 1 unspecified atom stereocenters. The lowest BCUT2D eigenvalue weighted by atomic mass is 10.1. The fourth-order valence-electron chi connectivity index (χ4n) is 1.51. The van der Waals surface area contributed by atoms with Gasteiger partial charge in [-0.15, -0.1) is 11.8 Å². The van der Waals surface area contributed by atoms with Crippen LogP contribution < -0.4 is 11.1 Å². The lowest BCUT2D eigenvalue weighted by molar-refractivity contribution is 0.512. The third-order valence-electron chi connectivity index (χ3n) is 2.33. The Bertz CT molecular complexity index is 379. The number of nitrogens with two attached hydrogens (primary N) is 1. The molecule has 3 heteroatoms. The molecule has 0 spiro atoms. The summed E-state index contributed by atoms with van der Waals surface area (Å²) >= 11 is 0. The van der Waals surface area contributed by atoms with Crippen LogP contribution >= 0.6 is 0 Å². The molecular weight excluding hydrogens is 203 g/mol. The number of halogens is 1. The average Bonchev–Trinajstić information content (AvgIpc) is 2.31. The monoisotopic (exact) mass is 220 g/mol. The Morgan fingerprint density at radius 3 is 2.81 bits per heavy atom. The first-order valence-corrected chi connectivity index (χ1v) is 5.37. The van der Waals surface area contributed by atoms with E-state index in [9.17, 15) is 4.39 Å². The van der Waals surface area contributed by atoms with E-state index in [1.165, 1.54) is 6.07 Å². The number of benzene rings is 1. The fourth-order valence-corrected chi connectivity index (χ4v) is 1.51. The fraction of sp³-hybridized carbons (Fsp3) is 0.385. The SMILES string of the molecule is CC#CCCNC(CN)c1ccccc1F. The van der Waals surface area contributed by atoms with Crippen LogP contribution in [-0.4, -0.2) is 13.1 Å². The summed E-state index contributed by atoms with van der Waals surface area (Å²) in [4.78, 5) is 0. The van der Waals surface area contributed by atoms with E-state index in [0.717, 1.165) is 13.0 Å². The molecule has 86 valence electrons. The van der Waals surface area contributed by atoms with Crippen molar-refractivity contribution in [3.05, 3.63) is 35.6 Å². The maximum atomic E-state index is 13.5. The van der Waals surface area contributed by atoms with Crippen LogP contribution in [-0.2, 0) is 0 Å². The van der Waals surface area contributed by atoms with Gasteiger partial charge in [0.2, 0.25) is 0 Å². The summed E-state index contributed by atoms with van der Waals surface area (Å²) in [5.74, 6) is 5.55. The van der Waals surface area contributed by atoms with Crippen molar-refractivity contribution in [2.45, 2.75) is 19.4 Å². The third-order valence-corrected chi connectivity index (χ3v) is 2.33. The van der Waals surface area contributed by atoms with Crippen molar-refractivity contribution >= 4 is 0 Å². The second-order valence-electron chi connectivity index (χ2n) is 3.44. The van der Waals surface area contributed by atoms with Crippen LogP contribution in [0.4, 0.5) is 4.39 Å². The molecule has 1 aromatic rings. The van der Waals surface area contributed by atoms with Gasteiger partial charge in [0.15, 0.2) is 0 Å². The quantitative estimate of drug-likeness (QED) is 0.587. The van der Waals surface area contributed by atoms with E-state index in [4.69, 9.17) is 5.73 Å². The maximum absolute atomic E-state index is 13.5. The molecule has 0 heterocycles. The Morgan fingerprint density at radius 2 is 2.19 bits per heavy atom. The predicted octanol–water partition coefficient (Wildman–Crippen LogP) is 1.83. The third kappa shape index (κ3) is 3.65. The van der Waals surface area contributed by atoms with Crippen LogP contribution in [0.1, 0.15) is 24.9 Å². The molecule has 0 bridgehead atoms. The van der Waals surface area contributed by atoms with Crippen LogP contribution in [0, 0.1) is 17.7 Å². The van der Waals surface area contributed by atoms with Crippen molar-refractivity contribution in [1.29, 1.82) is 0 Å². The normalized spacial score (nSPS) is 11.7. The molecule has 0 saturated carbocycles. The van der Waals surface area contributed by atoms with Crippen LogP contribution in [0.5, 0.6) is 0 Å². The second kappa shape index (κ2) is 7.00. The molecule has 0 fully saturated rings. The zero-order valence-corrected chi connectivity index (χ0v) is 9.46. The van der Waals surface area contributed by atoms with Gasteiger partial charge in [-0.3, -0.25) is 0 Å². The van der Waals surface area contributed by atoms with Gasteiger partial charge in [0.05, 0.1) is 0 Å². The zero-order valence-electron chi connectivity index (χ0n) is 9.46. The highest BCUT2D eigenvalue weighted by atomic mass is 19.1. The van der Waals surface area contributed by atoms with Crippen molar-refractivity contribution < 1.29 is 4.39 Å². The van der Waals surface area contributed by atoms with Gasteiger partial charge in [-0.05, 0) is 13.0 Å². The minimum Gasteiger partial charge on any atom is -0.329 e. The highest BCUT2D eigenvalue weighted by molar-refractivity contribution is 5.21. The molecule has 0 aliphatic carbocycles. The first-order valence-electron chi connectivity index (χ1n) is 5.37. The van der Waals surface area contributed by atoms with Crippen LogP contribution in [0.3, 0.4) is 0 Å². The summed E-state index contributed by atoms with van der Waals surface area (Å²) in [7, 11) is 0. The summed E-state index contributed by atoms with van der Waals surface area (Å²) in [5, 5.41) is 3.19. The summed E-state index contributed by atoms with van der Waals surface area (Å²) in [6.45, 7) is 2.90. The van der Waals surface area contributed by atoms with Gasteiger partial charge in [-0.2, -0.15) is 0 Å². The number of nitrogens with one attached hydrogen (secondary N) is 1. The van der Waals surface area contributed by atoms with Gasteiger partial charge in [0.1, 0.15) is 5.82 Å². The van der Waals surface area contributed by atoms with Crippen molar-refractivity contribution in [2.75, 3.05) is 13.1 Å². The first kappa shape index (κ1) is 12.7. The standard InChI is InChI=1S/C13H17FN2/c1-2-3-6-9-16-13(10-15)11-7-4-5-8-12(11)14/h4-5,7-8,13,16H,6,9-10,15H2,1H3. The van der Waals surface area contributed by atoms with Crippen molar-refractivity contribution in [3.8, 4) is 11.8 Å². The van der Waals surface area contributed by atoms with Gasteiger partial charge in [-0.1, -0.05) is 18.2 Å². The molecule has 0 aliphatic rings. The van der Waals surface area contributed by atoms with Crippen molar-refractivity contribution in [2.24, 2.45) is 5.73 Å². The average molecular weight is 220 g/mol. The lowest BCUT2D eigenvalue weighted by Crippen LogP contribution is -2.29. The molecular formula is C13H17FN2. The largest absolute Gasteiger partial charge is 0.329 e. The Kier molecular flexibility index (Phi) is 5.55. The Hall–Kier alpha value is -1.37. The van der Waals surface area contributed by atoms with E-state index in [0.29, 0.717) is 12.1 Å². The molecule has 2 nitrogen and oxygen atoms in total. The van der Waals surface area contributed by atoms with Crippen molar-refractivity contribution in [3.63, 3.8) is 0 Å². The van der Waals surface area contributed by atoms with E-state index in [1.807, 2.05) is 6.07 Å². The number of hydrogen-bond acceptors (Lipinski definition) is 2. The van der Waals surface area contributed by atoms with Gasteiger partial charge < -0.3 is 11.1 Å². The van der Waals surface area contributed by atoms with Gasteiger partial charge >= 0.3 is 0 Å². The Labute approximate surface area is 96.0 Å². The van der Waals surface area contributed by atoms with Crippen molar-refractivity contribution in [1.82, 2.24) is 5.32 Å². The molecule has 1 aromatic carbocycles. The van der Waals surface area contributed by atoms with Crippen LogP contribution in [0.15, 0.2) is 24.3 Å². The molecule has 1 atom stereocenters. The van der Waals surface area contributed by atoms with Gasteiger partial charge in [-0.25, -0.2) is 4.39 Å². The highest BCUT2D eigenvalue weighted by Gasteiger charge is 2.12. The first-order chi connectivity index (χ1) is 7.79. The van der Waals surface area contributed by atoms with E-state index < -0.39 is 0 Å². The van der Waals surface area contributed by atoms with E-state index in [2.05, 4.69) is 17.2 Å². The number of hydrogen-bond donors (Lipinski definition) is 2. The molecule has 16 heavy (non-hydrogen) atoms. The summed E-state index contributed by atoms with van der Waals surface area (Å²) in [6, 6.07) is 6.56. The molecule has 0 aromatic heterocycles. The van der Waals surface area contributed by atoms with Gasteiger partial charge in [0.25, 0.3) is 0 Å². The van der Waals surface area contributed by atoms with E-state index in [-0.39, 0.29) is 11.9 Å². The van der Waals surface area contributed by atoms with E-state index >= 15 is 0 Å². The zero-order chi connectivity index (χ0) is 11.8. The summed E-state index contributed by atoms with van der Waals surface area (Å²) in [5.41, 5.74) is 6.24. The minimum atomic E-state index is -0.216. The molecule has 0 aliphatic heterocycles. The van der Waals surface area contributed by atoms with E-state index in [1.54, 1.807) is 19.1 Å². The summed E-state index contributed by atoms with van der Waals surface area (Å²) in [6.07, 6.45) is 0.751. The van der Waals surface area contributed by atoms with Crippen LogP contribution in [0.25, 0.3) is 0 Å². The smallest absolute Gasteiger partial charge is 0.128 e. The molecule has 0 saturated heterocycles. The molecule has 0 amide bonds. The Morgan fingerprint density at radius 1 is 1.44 bits per heavy atom. The topological polar surface area (TPSA) is 38.0 Å². The second-order valence-corrected chi connectivity index (χ2v) is 3.44. The predicted molar refractivity (Wildman–Crippen MR) is 64.3 cm³/mol. The lowest BCUT2D eigenvalue weighted by Gasteiger charge is -2.17.